The summed E-state index contributed by atoms with van der Waals surface area (Å²) in [6, 6.07) is -0.879. The van der Waals surface area contributed by atoms with Crippen molar-refractivity contribution in [3.63, 3.8) is 0 Å². The van der Waals surface area contributed by atoms with Gasteiger partial charge in [-0.25, -0.2) is 9.18 Å². The number of rotatable bonds is 3. The van der Waals surface area contributed by atoms with E-state index >= 15 is 0 Å². The molecule has 0 unspecified atom stereocenters. The highest BCUT2D eigenvalue weighted by Crippen LogP contribution is 2.58. The highest BCUT2D eigenvalue weighted by molar-refractivity contribution is 9.10. The summed E-state index contributed by atoms with van der Waals surface area (Å²) in [5.41, 5.74) is 0. The monoisotopic (exact) mass is 353 g/mol. The van der Waals surface area contributed by atoms with E-state index in [1.54, 1.807) is 13.8 Å². The lowest BCUT2D eigenvalue weighted by molar-refractivity contribution is -0.170. The highest BCUT2D eigenvalue weighted by atomic mass is 79.9. The third-order valence-electron chi connectivity index (χ3n) is 3.08. The van der Waals surface area contributed by atoms with Crippen LogP contribution in [0.15, 0.2) is 0 Å². The lowest BCUT2D eigenvalue weighted by Crippen LogP contribution is -2.69. The summed E-state index contributed by atoms with van der Waals surface area (Å²) in [7, 11) is 0. The molecule has 2 rings (SSSR count). The molecule has 5 nitrogen and oxygen atoms in total. The van der Waals surface area contributed by atoms with Gasteiger partial charge in [-0.2, -0.15) is 0 Å². The molecule has 2 saturated heterocycles. The molecule has 19 heavy (non-hydrogen) atoms. The second-order valence-electron chi connectivity index (χ2n) is 5.12. The van der Waals surface area contributed by atoms with Crippen LogP contribution in [0.4, 0.5) is 4.39 Å². The van der Waals surface area contributed by atoms with Crippen molar-refractivity contribution in [1.82, 2.24) is 4.90 Å². The van der Waals surface area contributed by atoms with E-state index in [2.05, 4.69) is 15.9 Å². The Balaban J connectivity index is 2.18. The second kappa shape index (κ2) is 4.44. The molecule has 2 aliphatic rings. The molecule has 0 aromatic heterocycles. The number of esters is 1. The maximum absolute atomic E-state index is 13.9. The van der Waals surface area contributed by atoms with Crippen LogP contribution < -0.4 is 0 Å². The molecule has 0 saturated carbocycles. The molecule has 2 fully saturated rings. The van der Waals surface area contributed by atoms with Crippen molar-refractivity contribution in [2.24, 2.45) is 0 Å². The van der Waals surface area contributed by atoms with E-state index in [0.717, 1.165) is 0 Å². The molecule has 2 heterocycles. The van der Waals surface area contributed by atoms with Crippen LogP contribution in [-0.4, -0.2) is 49.9 Å². The molecule has 0 N–H and O–H groups in total. The third-order valence-corrected chi connectivity index (χ3v) is 5.76. The summed E-state index contributed by atoms with van der Waals surface area (Å²) in [6.45, 7) is 4.44. The lowest BCUT2D eigenvalue weighted by atomic mass is 9.97. The van der Waals surface area contributed by atoms with Gasteiger partial charge in [0.25, 0.3) is 10.5 Å². The van der Waals surface area contributed by atoms with Crippen molar-refractivity contribution in [2.45, 2.75) is 41.5 Å². The predicted octanol–water partition coefficient (Wildman–Crippen LogP) is 1.24. The molecule has 8 heteroatoms. The molecule has 0 bridgehead atoms. The maximum atomic E-state index is 13.9. The van der Waals surface area contributed by atoms with E-state index in [9.17, 15) is 18.8 Å². The summed E-state index contributed by atoms with van der Waals surface area (Å²) in [5, 5.41) is -0.745. The highest BCUT2D eigenvalue weighted by Gasteiger charge is 2.72. The van der Waals surface area contributed by atoms with Gasteiger partial charge in [-0.05, 0) is 36.7 Å². The van der Waals surface area contributed by atoms with Crippen molar-refractivity contribution >= 4 is 45.4 Å². The Bertz CT molecular complexity index is 468. The fraction of sp³-hybridized carbons (Fsp3) is 0.727. The first-order valence-corrected chi connectivity index (χ1v) is 7.31. The topological polar surface area (TPSA) is 63.7 Å². The van der Waals surface area contributed by atoms with Crippen molar-refractivity contribution in [1.29, 1.82) is 0 Å². The van der Waals surface area contributed by atoms with Gasteiger partial charge in [0.05, 0.1) is 0 Å². The van der Waals surface area contributed by atoms with Gasteiger partial charge in [0.2, 0.25) is 0 Å². The Hall–Kier alpha value is -0.630. The van der Waals surface area contributed by atoms with Gasteiger partial charge in [-0.3, -0.25) is 9.59 Å². The van der Waals surface area contributed by atoms with Gasteiger partial charge in [-0.1, -0.05) is 0 Å². The molecule has 0 spiro atoms. The third kappa shape index (κ3) is 2.18. The van der Waals surface area contributed by atoms with Crippen molar-refractivity contribution < 1.29 is 23.5 Å². The Morgan fingerprint density at radius 2 is 2.11 bits per heavy atom. The fourth-order valence-corrected chi connectivity index (χ4v) is 4.41. The largest absolute Gasteiger partial charge is 0.456 e. The van der Waals surface area contributed by atoms with Crippen molar-refractivity contribution in [3.05, 3.63) is 0 Å². The van der Waals surface area contributed by atoms with Gasteiger partial charge in [-0.15, -0.1) is 11.8 Å². The van der Waals surface area contributed by atoms with E-state index in [1.807, 2.05) is 0 Å². The zero-order chi connectivity index (χ0) is 14.6. The molecular weight excluding hydrogens is 341 g/mol. The van der Waals surface area contributed by atoms with Crippen molar-refractivity contribution in [3.8, 4) is 0 Å². The number of β-lactam (4-membered cyclic amide) rings is 1. The number of amides is 1. The maximum Gasteiger partial charge on any atom is 0.330 e. The van der Waals surface area contributed by atoms with Crippen LogP contribution in [0.3, 0.4) is 0 Å². The molecule has 0 radical (unpaired) electrons. The Morgan fingerprint density at radius 3 is 2.63 bits per heavy atom. The molecule has 0 aromatic carbocycles. The Morgan fingerprint density at radius 1 is 1.53 bits per heavy atom. The number of Topliss-reactive ketones (excluding diaryl/α,β-unsaturated/α-hetero) is 1. The minimum absolute atomic E-state index is 0.288. The summed E-state index contributed by atoms with van der Waals surface area (Å²) < 4.78 is 16.0. The van der Waals surface area contributed by atoms with Crippen LogP contribution in [0.2, 0.25) is 0 Å². The molecule has 2 aliphatic heterocycles. The van der Waals surface area contributed by atoms with Crippen LogP contribution in [0.5, 0.6) is 0 Å². The van der Waals surface area contributed by atoms with Crippen LogP contribution >= 0.6 is 27.7 Å². The van der Waals surface area contributed by atoms with E-state index in [0.29, 0.717) is 0 Å². The van der Waals surface area contributed by atoms with E-state index in [1.165, 1.54) is 23.6 Å². The van der Waals surface area contributed by atoms with Gasteiger partial charge in [0.15, 0.2) is 5.78 Å². The standard InChI is InChI=1S/C11H13BrFNO4S/c1-5(15)4-18-7(16)6-10(2,3)19-9-11(12,13)8(17)14(6)9/h6,9H,4H2,1-3H3/t6-,9+,11+/m0/s1. The molecule has 0 aliphatic carbocycles. The van der Waals surface area contributed by atoms with Gasteiger partial charge >= 0.3 is 5.97 Å². The minimum atomic E-state index is -2.12. The first-order chi connectivity index (χ1) is 8.59. The minimum Gasteiger partial charge on any atom is -0.456 e. The molecule has 3 atom stereocenters. The first-order valence-electron chi connectivity index (χ1n) is 5.63. The number of ether oxygens (including phenoxy) is 1. The summed E-state index contributed by atoms with van der Waals surface area (Å²) >= 11 is 3.94. The van der Waals surface area contributed by atoms with E-state index < -0.39 is 32.6 Å². The Kier molecular flexibility index (Phi) is 3.45. The normalized spacial score (nSPS) is 35.6. The quantitative estimate of drug-likeness (QED) is 0.434. The SMILES string of the molecule is CC(=O)COC(=O)[C@@H]1N2C(=O)[C@](F)(Br)[C@H]2SC1(C)C. The molecule has 1 amide bonds. The van der Waals surface area contributed by atoms with Crippen LogP contribution in [0.1, 0.15) is 20.8 Å². The summed E-state index contributed by atoms with van der Waals surface area (Å²) in [4.78, 5) is 35.7. The van der Waals surface area contributed by atoms with Crippen LogP contribution in [0, 0.1) is 0 Å². The molecule has 106 valence electrons. The predicted molar refractivity (Wildman–Crippen MR) is 70.5 cm³/mol. The second-order valence-corrected chi connectivity index (χ2v) is 8.01. The Labute approximate surface area is 122 Å². The van der Waals surface area contributed by atoms with E-state index in [-0.39, 0.29) is 12.4 Å². The number of nitrogens with zero attached hydrogens (tertiary/aromatic N) is 1. The number of alkyl halides is 2. The molecule has 0 aromatic rings. The van der Waals surface area contributed by atoms with Crippen molar-refractivity contribution in [2.75, 3.05) is 6.61 Å². The molecular formula is C11H13BrFNO4S. The first kappa shape index (κ1) is 14.8. The smallest absolute Gasteiger partial charge is 0.330 e. The average molecular weight is 354 g/mol. The van der Waals surface area contributed by atoms with Gasteiger partial charge in [0, 0.05) is 4.75 Å². The number of carbonyl (C=O) groups is 3. The number of ketones is 1. The number of hydrogen-bond donors (Lipinski definition) is 0. The number of halogens is 2. The van der Waals surface area contributed by atoms with Gasteiger partial charge in [0.1, 0.15) is 18.0 Å². The average Bonchev–Trinajstić information content (AvgIpc) is 2.56. The summed E-state index contributed by atoms with van der Waals surface area (Å²) in [6.07, 6.45) is 0. The number of fused-ring (bicyclic) bond motifs is 1. The van der Waals surface area contributed by atoms with Crippen LogP contribution in [0.25, 0.3) is 0 Å². The number of hydrogen-bond acceptors (Lipinski definition) is 5. The van der Waals surface area contributed by atoms with Crippen LogP contribution in [-0.2, 0) is 19.1 Å². The lowest BCUT2D eigenvalue weighted by Gasteiger charge is -2.44. The fourth-order valence-electron chi connectivity index (χ4n) is 2.21. The zero-order valence-electron chi connectivity index (χ0n) is 10.6. The van der Waals surface area contributed by atoms with Gasteiger partial charge < -0.3 is 9.64 Å². The zero-order valence-corrected chi connectivity index (χ0v) is 13.0. The number of carbonyl (C=O) groups excluding carboxylic acids is 3. The van der Waals surface area contributed by atoms with E-state index in [4.69, 9.17) is 4.74 Å². The number of thioether (sulfide) groups is 1. The summed E-state index contributed by atoms with van der Waals surface area (Å²) in [5.74, 6) is -1.74.